The second kappa shape index (κ2) is 9.63. The van der Waals surface area contributed by atoms with E-state index < -0.39 is 12.7 Å². The van der Waals surface area contributed by atoms with E-state index in [2.05, 4.69) is 41.8 Å². The Labute approximate surface area is 165 Å². The molecule has 2 N–H and O–H groups in total. The maximum absolute atomic E-state index is 12.5. The molecule has 1 aromatic carbocycles. The molecule has 7 heteroatoms. The zero-order valence-corrected chi connectivity index (χ0v) is 16.5. The van der Waals surface area contributed by atoms with Crippen molar-refractivity contribution in [2.75, 3.05) is 32.7 Å². The molecule has 1 aromatic rings. The summed E-state index contributed by atoms with van der Waals surface area (Å²) < 4.78 is 37.4. The zero-order chi connectivity index (χ0) is 20.0. The predicted molar refractivity (Wildman–Crippen MR) is 107 cm³/mol. The van der Waals surface area contributed by atoms with E-state index in [4.69, 9.17) is 4.99 Å². The molecule has 0 radical (unpaired) electrons. The third-order valence-corrected chi connectivity index (χ3v) is 5.60. The molecule has 2 atom stereocenters. The fourth-order valence-corrected chi connectivity index (χ4v) is 3.96. The molecule has 2 aliphatic rings. The van der Waals surface area contributed by atoms with Gasteiger partial charge in [-0.05, 0) is 57.2 Å². The van der Waals surface area contributed by atoms with E-state index in [0.29, 0.717) is 37.5 Å². The maximum Gasteiger partial charge on any atom is 0.401 e. The lowest BCUT2D eigenvalue weighted by Gasteiger charge is -2.32. The van der Waals surface area contributed by atoms with E-state index in [-0.39, 0.29) is 0 Å². The van der Waals surface area contributed by atoms with Crippen LogP contribution in [-0.2, 0) is 0 Å². The highest BCUT2D eigenvalue weighted by Crippen LogP contribution is 2.40. The van der Waals surface area contributed by atoms with Crippen molar-refractivity contribution >= 4 is 5.96 Å². The Morgan fingerprint density at radius 1 is 1.18 bits per heavy atom. The van der Waals surface area contributed by atoms with E-state index in [9.17, 15) is 13.2 Å². The van der Waals surface area contributed by atoms with Crippen LogP contribution in [0.25, 0.3) is 0 Å². The molecule has 0 spiro atoms. The topological polar surface area (TPSA) is 39.7 Å². The SMILES string of the molecule is CCNC(=NCCC1CCN(CC(F)(F)F)CC1)NC1CC1c1ccccc1. The van der Waals surface area contributed by atoms with Crippen LogP contribution in [0.1, 0.15) is 44.1 Å². The number of halogens is 3. The summed E-state index contributed by atoms with van der Waals surface area (Å²) in [5, 5.41) is 6.82. The summed E-state index contributed by atoms with van der Waals surface area (Å²) in [6, 6.07) is 10.9. The first-order chi connectivity index (χ1) is 13.4. The van der Waals surface area contributed by atoms with E-state index in [1.807, 2.05) is 6.07 Å². The number of aliphatic imine (C=N–C) groups is 1. The van der Waals surface area contributed by atoms with Gasteiger partial charge in [0.25, 0.3) is 0 Å². The molecular weight excluding hydrogens is 365 g/mol. The van der Waals surface area contributed by atoms with Gasteiger partial charge < -0.3 is 10.6 Å². The van der Waals surface area contributed by atoms with Crippen LogP contribution in [0.5, 0.6) is 0 Å². The van der Waals surface area contributed by atoms with E-state index in [1.54, 1.807) is 0 Å². The first kappa shape index (κ1) is 21.0. The molecule has 1 aliphatic heterocycles. The third kappa shape index (κ3) is 6.69. The van der Waals surface area contributed by atoms with Crippen molar-refractivity contribution in [3.05, 3.63) is 35.9 Å². The molecule has 2 fully saturated rings. The Kier molecular flexibility index (Phi) is 7.21. The van der Waals surface area contributed by atoms with Crippen LogP contribution in [0.15, 0.2) is 35.3 Å². The van der Waals surface area contributed by atoms with Crippen LogP contribution in [0.3, 0.4) is 0 Å². The van der Waals surface area contributed by atoms with Crippen molar-refractivity contribution in [1.82, 2.24) is 15.5 Å². The van der Waals surface area contributed by atoms with Gasteiger partial charge in [-0.2, -0.15) is 13.2 Å². The molecule has 1 heterocycles. The number of nitrogens with zero attached hydrogens (tertiary/aromatic N) is 2. The minimum absolute atomic E-state index is 0.422. The van der Waals surface area contributed by atoms with E-state index in [1.165, 1.54) is 10.5 Å². The quantitative estimate of drug-likeness (QED) is 0.545. The number of alkyl halides is 3. The van der Waals surface area contributed by atoms with Crippen LogP contribution in [-0.4, -0.2) is 55.8 Å². The van der Waals surface area contributed by atoms with Crippen molar-refractivity contribution in [1.29, 1.82) is 0 Å². The first-order valence-electron chi connectivity index (χ1n) is 10.3. The van der Waals surface area contributed by atoms with Gasteiger partial charge in [0.1, 0.15) is 0 Å². The molecule has 0 bridgehead atoms. The number of hydrogen-bond donors (Lipinski definition) is 2. The third-order valence-electron chi connectivity index (χ3n) is 5.60. The molecule has 0 amide bonds. The molecule has 2 unspecified atom stereocenters. The number of nitrogens with one attached hydrogen (secondary N) is 2. The summed E-state index contributed by atoms with van der Waals surface area (Å²) in [7, 11) is 0. The van der Waals surface area contributed by atoms with Crippen LogP contribution in [0, 0.1) is 5.92 Å². The zero-order valence-electron chi connectivity index (χ0n) is 16.5. The molecule has 156 valence electrons. The molecule has 4 nitrogen and oxygen atoms in total. The van der Waals surface area contributed by atoms with Crippen molar-refractivity contribution in [3.63, 3.8) is 0 Å². The number of guanidine groups is 1. The first-order valence-corrected chi connectivity index (χ1v) is 10.3. The number of rotatable bonds is 7. The number of benzene rings is 1. The fraction of sp³-hybridized carbons (Fsp3) is 0.667. The second-order valence-corrected chi connectivity index (χ2v) is 7.89. The molecule has 0 aromatic heterocycles. The Hall–Kier alpha value is -1.76. The van der Waals surface area contributed by atoms with Gasteiger partial charge in [-0.1, -0.05) is 30.3 Å². The Morgan fingerprint density at radius 2 is 1.89 bits per heavy atom. The van der Waals surface area contributed by atoms with Gasteiger partial charge in [-0.3, -0.25) is 9.89 Å². The summed E-state index contributed by atoms with van der Waals surface area (Å²) in [5.74, 6) is 1.86. The predicted octanol–water partition coefficient (Wildman–Crippen LogP) is 3.76. The summed E-state index contributed by atoms with van der Waals surface area (Å²) in [6.07, 6.45) is -0.387. The number of hydrogen-bond acceptors (Lipinski definition) is 2. The minimum atomic E-state index is -4.09. The Balaban J connectivity index is 1.39. The summed E-state index contributed by atoms with van der Waals surface area (Å²) in [4.78, 5) is 6.21. The maximum atomic E-state index is 12.5. The van der Waals surface area contributed by atoms with Gasteiger partial charge >= 0.3 is 6.18 Å². The van der Waals surface area contributed by atoms with Gasteiger partial charge in [0.2, 0.25) is 0 Å². The van der Waals surface area contributed by atoms with Gasteiger partial charge in [0.15, 0.2) is 5.96 Å². The monoisotopic (exact) mass is 396 g/mol. The minimum Gasteiger partial charge on any atom is -0.357 e. The average molecular weight is 397 g/mol. The molecule has 1 saturated heterocycles. The van der Waals surface area contributed by atoms with E-state index >= 15 is 0 Å². The lowest BCUT2D eigenvalue weighted by Crippen LogP contribution is -2.40. The molecule has 1 aliphatic carbocycles. The number of likely N-dealkylation sites (tertiary alicyclic amines) is 1. The highest BCUT2D eigenvalue weighted by atomic mass is 19.4. The fourth-order valence-electron chi connectivity index (χ4n) is 3.96. The average Bonchev–Trinajstić information content (AvgIpc) is 3.42. The summed E-state index contributed by atoms with van der Waals surface area (Å²) >= 11 is 0. The molecule has 3 rings (SSSR count). The number of piperidine rings is 1. The van der Waals surface area contributed by atoms with Crippen molar-refractivity contribution in [3.8, 4) is 0 Å². The van der Waals surface area contributed by atoms with Gasteiger partial charge in [0, 0.05) is 25.0 Å². The van der Waals surface area contributed by atoms with Crippen molar-refractivity contribution in [2.24, 2.45) is 10.9 Å². The molecule has 1 saturated carbocycles. The summed E-state index contributed by atoms with van der Waals surface area (Å²) in [6.45, 7) is 3.86. The Morgan fingerprint density at radius 3 is 2.54 bits per heavy atom. The van der Waals surface area contributed by atoms with Crippen molar-refractivity contribution in [2.45, 2.75) is 50.7 Å². The summed E-state index contributed by atoms with van der Waals surface area (Å²) in [5.41, 5.74) is 1.36. The van der Waals surface area contributed by atoms with Crippen molar-refractivity contribution < 1.29 is 13.2 Å². The standard InChI is InChI=1S/C21H31F3N4/c1-2-25-20(27-19-14-18(19)17-6-4-3-5-7-17)26-11-8-16-9-12-28(13-10-16)15-21(22,23)24/h3-7,16,18-19H,2,8-15H2,1H3,(H2,25,26,27). The lowest BCUT2D eigenvalue weighted by atomic mass is 9.93. The molecule has 28 heavy (non-hydrogen) atoms. The second-order valence-electron chi connectivity index (χ2n) is 7.89. The van der Waals surface area contributed by atoms with Gasteiger partial charge in [-0.25, -0.2) is 0 Å². The van der Waals surface area contributed by atoms with Crippen LogP contribution >= 0.6 is 0 Å². The highest BCUT2D eigenvalue weighted by molar-refractivity contribution is 5.80. The highest BCUT2D eigenvalue weighted by Gasteiger charge is 2.38. The lowest BCUT2D eigenvalue weighted by molar-refractivity contribution is -0.148. The largest absolute Gasteiger partial charge is 0.401 e. The van der Waals surface area contributed by atoms with Crippen LogP contribution < -0.4 is 10.6 Å². The van der Waals surface area contributed by atoms with Gasteiger partial charge in [-0.15, -0.1) is 0 Å². The van der Waals surface area contributed by atoms with Gasteiger partial charge in [0.05, 0.1) is 6.54 Å². The van der Waals surface area contributed by atoms with E-state index in [0.717, 1.165) is 38.2 Å². The smallest absolute Gasteiger partial charge is 0.357 e. The normalized spacial score (nSPS) is 24.2. The van der Waals surface area contributed by atoms with Crippen LogP contribution in [0.4, 0.5) is 13.2 Å². The molecular formula is C21H31F3N4. The Bertz CT molecular complexity index is 624. The van der Waals surface area contributed by atoms with Crippen LogP contribution in [0.2, 0.25) is 0 Å².